The van der Waals surface area contributed by atoms with E-state index < -0.39 is 61.1 Å². The highest BCUT2D eigenvalue weighted by atomic mass is 16.4. The molecule has 0 heterocycles. The SMILES string of the molecule is N[C@H](Cc1ccc2ccccc2c1)C(=O)N[C@H](Cc1ccc2ccccc2c1)C(=O)N[C@H](CO)C(=O)N[C@H](CO)C(=O)O. The van der Waals surface area contributed by atoms with Gasteiger partial charge in [0, 0.05) is 6.42 Å². The van der Waals surface area contributed by atoms with Crippen LogP contribution >= 0.6 is 0 Å². The van der Waals surface area contributed by atoms with Crippen molar-refractivity contribution >= 4 is 45.2 Å². The zero-order chi connectivity index (χ0) is 30.9. The molecule has 0 radical (unpaired) electrons. The maximum absolute atomic E-state index is 13.4. The van der Waals surface area contributed by atoms with Crippen LogP contribution in [0.5, 0.6) is 0 Å². The molecule has 4 aromatic rings. The summed E-state index contributed by atoms with van der Waals surface area (Å²) in [6, 6.07) is 21.4. The third kappa shape index (κ3) is 8.13. The predicted molar refractivity (Wildman–Crippen MR) is 161 cm³/mol. The number of aliphatic carboxylic acids is 1. The summed E-state index contributed by atoms with van der Waals surface area (Å²) in [5.74, 6) is -3.88. The first-order chi connectivity index (χ1) is 20.7. The first-order valence-corrected chi connectivity index (χ1v) is 13.7. The zero-order valence-electron chi connectivity index (χ0n) is 23.3. The number of aliphatic hydroxyl groups excluding tert-OH is 2. The Kier molecular flexibility index (Phi) is 10.4. The molecule has 0 aliphatic heterocycles. The van der Waals surface area contributed by atoms with Gasteiger partial charge in [0.1, 0.15) is 18.1 Å². The van der Waals surface area contributed by atoms with E-state index in [1.165, 1.54) is 0 Å². The highest BCUT2D eigenvalue weighted by Gasteiger charge is 2.30. The molecule has 4 atom stereocenters. The van der Waals surface area contributed by atoms with Gasteiger partial charge in [-0.05, 0) is 39.1 Å². The number of carbonyl (C=O) groups excluding carboxylic acids is 3. The third-order valence-corrected chi connectivity index (χ3v) is 7.11. The van der Waals surface area contributed by atoms with Crippen LogP contribution in [0.3, 0.4) is 0 Å². The fourth-order valence-corrected chi connectivity index (χ4v) is 4.73. The fourth-order valence-electron chi connectivity index (χ4n) is 4.73. The number of carboxylic acid groups (broad SMARTS) is 1. The number of carboxylic acids is 1. The number of rotatable bonds is 13. The Morgan fingerprint density at radius 2 is 1.02 bits per heavy atom. The third-order valence-electron chi connectivity index (χ3n) is 7.11. The van der Waals surface area contributed by atoms with Crippen LogP contribution in [0.25, 0.3) is 21.5 Å². The maximum atomic E-state index is 13.4. The summed E-state index contributed by atoms with van der Waals surface area (Å²) in [5.41, 5.74) is 7.82. The molecule has 0 unspecified atom stereocenters. The number of hydrogen-bond donors (Lipinski definition) is 7. The number of fused-ring (bicyclic) bond motifs is 2. The Hall–Kier alpha value is -4.84. The molecule has 0 spiro atoms. The van der Waals surface area contributed by atoms with Crippen LogP contribution in [0.1, 0.15) is 11.1 Å². The number of carbonyl (C=O) groups is 4. The minimum absolute atomic E-state index is 0.0409. The molecule has 4 rings (SSSR count). The van der Waals surface area contributed by atoms with E-state index in [1.807, 2.05) is 84.9 Å². The second-order valence-electron chi connectivity index (χ2n) is 10.3. The van der Waals surface area contributed by atoms with Gasteiger partial charge < -0.3 is 37.0 Å². The lowest BCUT2D eigenvalue weighted by molar-refractivity contribution is -0.143. The van der Waals surface area contributed by atoms with Crippen LogP contribution in [0, 0.1) is 0 Å². The van der Waals surface area contributed by atoms with Crippen LogP contribution in [0.4, 0.5) is 0 Å². The molecule has 0 aromatic heterocycles. The first kappa shape index (κ1) is 31.1. The summed E-state index contributed by atoms with van der Waals surface area (Å²) in [6.45, 7) is -1.74. The molecule has 8 N–H and O–H groups in total. The average Bonchev–Trinajstić information content (AvgIpc) is 3.01. The van der Waals surface area contributed by atoms with E-state index in [9.17, 15) is 29.4 Å². The predicted octanol–water partition coefficient (Wildman–Crippen LogP) is 0.629. The van der Waals surface area contributed by atoms with Crippen molar-refractivity contribution < 1.29 is 34.5 Å². The molecule has 0 fully saturated rings. The molecule has 0 saturated heterocycles. The number of hydrogen-bond acceptors (Lipinski definition) is 7. The lowest BCUT2D eigenvalue weighted by Gasteiger charge is -2.24. The van der Waals surface area contributed by atoms with Gasteiger partial charge in [-0.25, -0.2) is 4.79 Å². The molecule has 0 aliphatic rings. The summed E-state index contributed by atoms with van der Waals surface area (Å²) in [6.07, 6.45) is 0.250. The van der Waals surface area contributed by atoms with Crippen molar-refractivity contribution in [2.45, 2.75) is 37.0 Å². The zero-order valence-corrected chi connectivity index (χ0v) is 23.3. The van der Waals surface area contributed by atoms with E-state index in [4.69, 9.17) is 10.8 Å². The van der Waals surface area contributed by atoms with Gasteiger partial charge in [0.25, 0.3) is 0 Å². The van der Waals surface area contributed by atoms with Crippen LogP contribution in [0.15, 0.2) is 84.9 Å². The highest BCUT2D eigenvalue weighted by Crippen LogP contribution is 2.18. The summed E-state index contributed by atoms with van der Waals surface area (Å²) >= 11 is 0. The minimum atomic E-state index is -1.63. The minimum Gasteiger partial charge on any atom is -0.480 e. The van der Waals surface area contributed by atoms with E-state index in [0.717, 1.165) is 32.7 Å². The van der Waals surface area contributed by atoms with E-state index in [0.29, 0.717) is 0 Å². The van der Waals surface area contributed by atoms with Gasteiger partial charge in [-0.15, -0.1) is 0 Å². The maximum Gasteiger partial charge on any atom is 0.328 e. The van der Waals surface area contributed by atoms with Crippen molar-refractivity contribution in [1.29, 1.82) is 0 Å². The highest BCUT2D eigenvalue weighted by molar-refractivity contribution is 5.94. The fraction of sp³-hybridized carbons (Fsp3) is 0.250. The Morgan fingerprint density at radius 3 is 1.53 bits per heavy atom. The molecule has 224 valence electrons. The van der Waals surface area contributed by atoms with Gasteiger partial charge >= 0.3 is 5.97 Å². The molecule has 11 heteroatoms. The van der Waals surface area contributed by atoms with Crippen LogP contribution in [0.2, 0.25) is 0 Å². The summed E-state index contributed by atoms with van der Waals surface area (Å²) in [7, 11) is 0. The molecule has 43 heavy (non-hydrogen) atoms. The van der Waals surface area contributed by atoms with Crippen molar-refractivity contribution in [2.24, 2.45) is 5.73 Å². The molecule has 11 nitrogen and oxygen atoms in total. The number of benzene rings is 4. The average molecular weight is 587 g/mol. The van der Waals surface area contributed by atoms with E-state index in [1.54, 1.807) is 0 Å². The van der Waals surface area contributed by atoms with Crippen LogP contribution < -0.4 is 21.7 Å². The number of nitrogens with two attached hydrogens (primary N) is 1. The van der Waals surface area contributed by atoms with Crippen molar-refractivity contribution in [2.75, 3.05) is 13.2 Å². The van der Waals surface area contributed by atoms with Crippen LogP contribution in [-0.4, -0.2) is 76.4 Å². The van der Waals surface area contributed by atoms with Gasteiger partial charge in [-0.3, -0.25) is 14.4 Å². The molecule has 0 aliphatic carbocycles. The van der Waals surface area contributed by atoms with E-state index >= 15 is 0 Å². The van der Waals surface area contributed by atoms with Crippen LogP contribution in [-0.2, 0) is 32.0 Å². The normalized spacial score (nSPS) is 13.9. The quantitative estimate of drug-likeness (QED) is 0.119. The Morgan fingerprint density at radius 1 is 0.581 bits per heavy atom. The molecular formula is C32H34N4O7. The molecule has 3 amide bonds. The second kappa shape index (κ2) is 14.4. The molecule has 4 aromatic carbocycles. The Balaban J connectivity index is 1.52. The molecule has 0 saturated carbocycles. The van der Waals surface area contributed by atoms with Crippen molar-refractivity contribution in [1.82, 2.24) is 16.0 Å². The van der Waals surface area contributed by atoms with Gasteiger partial charge in [-0.1, -0.05) is 84.9 Å². The van der Waals surface area contributed by atoms with Crippen molar-refractivity contribution in [3.63, 3.8) is 0 Å². The second-order valence-corrected chi connectivity index (χ2v) is 10.3. The van der Waals surface area contributed by atoms with Gasteiger partial charge in [0.15, 0.2) is 0 Å². The smallest absolute Gasteiger partial charge is 0.328 e. The van der Waals surface area contributed by atoms with Gasteiger partial charge in [0.05, 0.1) is 19.3 Å². The first-order valence-electron chi connectivity index (χ1n) is 13.7. The summed E-state index contributed by atoms with van der Waals surface area (Å²) in [4.78, 5) is 50.4. The van der Waals surface area contributed by atoms with Crippen molar-refractivity contribution in [3.05, 3.63) is 96.1 Å². The Labute approximate surface area is 247 Å². The Bertz CT molecular complexity index is 1630. The van der Waals surface area contributed by atoms with Gasteiger partial charge in [-0.2, -0.15) is 0 Å². The number of amides is 3. The lowest BCUT2D eigenvalue weighted by atomic mass is 9.99. The standard InChI is InChI=1S/C32H34N4O7/c33-25(15-19-9-11-21-5-1-3-7-23(21)13-19)29(39)34-26(16-20-10-12-22-6-2-4-8-24(22)14-20)30(40)35-27(17-37)31(41)36-28(18-38)32(42)43/h1-14,25-28,37-38H,15-18,33H2,(H,34,39)(H,35,40)(H,36,41)(H,42,43)/t25-,26-,27-,28-/m1/s1. The molecule has 0 bridgehead atoms. The topological polar surface area (TPSA) is 191 Å². The van der Waals surface area contributed by atoms with E-state index in [-0.39, 0.29) is 12.8 Å². The van der Waals surface area contributed by atoms with E-state index in [2.05, 4.69) is 16.0 Å². The summed E-state index contributed by atoms with van der Waals surface area (Å²) in [5, 5.41) is 39.2. The number of nitrogens with one attached hydrogen (secondary N) is 3. The largest absolute Gasteiger partial charge is 0.480 e. The number of aliphatic hydroxyl groups is 2. The lowest BCUT2D eigenvalue weighted by Crippen LogP contribution is -2.59. The summed E-state index contributed by atoms with van der Waals surface area (Å²) < 4.78 is 0. The molecular weight excluding hydrogens is 552 g/mol. The van der Waals surface area contributed by atoms with Crippen molar-refractivity contribution in [3.8, 4) is 0 Å². The monoisotopic (exact) mass is 586 g/mol. The van der Waals surface area contributed by atoms with Gasteiger partial charge in [0.2, 0.25) is 17.7 Å².